The lowest BCUT2D eigenvalue weighted by Crippen LogP contribution is -2.41. The Hall–Kier alpha value is -0.570. The van der Waals surface area contributed by atoms with Crippen LogP contribution in [0.1, 0.15) is 55.8 Å². The number of hydrogen-bond acceptors (Lipinski definition) is 2. The molecule has 0 amide bonds. The minimum atomic E-state index is -0.678. The number of carbonyl (C=O) groups excluding carboxylic acids is 1. The van der Waals surface area contributed by atoms with Gasteiger partial charge in [0.05, 0.1) is 10.0 Å². The van der Waals surface area contributed by atoms with Crippen molar-refractivity contribution >= 4 is 29.0 Å². The Kier molecular flexibility index (Phi) is 5.48. The van der Waals surface area contributed by atoms with Crippen LogP contribution >= 0.6 is 23.2 Å². The highest BCUT2D eigenvalue weighted by atomic mass is 35.5. The SMILES string of the molecule is CCOC1(C(=O)c2ccc(Cl)c(Cl)c2)CCCCCC1. The first kappa shape index (κ1) is 15.8. The fraction of sp³-hybridized carbons (Fsp3) is 0.562. The standard InChI is InChI=1S/C16H20Cl2O2/c1-2-20-16(9-5-3-4-6-10-16)15(19)12-7-8-13(17)14(18)11-12/h7-8,11H,2-6,9-10H2,1H3. The quantitative estimate of drug-likeness (QED) is 0.556. The smallest absolute Gasteiger partial charge is 0.194 e. The average molecular weight is 315 g/mol. The maximum absolute atomic E-state index is 12.9. The monoisotopic (exact) mass is 314 g/mol. The van der Waals surface area contributed by atoms with Crippen LogP contribution in [0.5, 0.6) is 0 Å². The zero-order valence-electron chi connectivity index (χ0n) is 11.8. The summed E-state index contributed by atoms with van der Waals surface area (Å²) in [5.41, 5.74) is -0.0858. The molecule has 2 nitrogen and oxygen atoms in total. The third kappa shape index (κ3) is 3.36. The van der Waals surface area contributed by atoms with E-state index in [0.717, 1.165) is 25.7 Å². The van der Waals surface area contributed by atoms with E-state index >= 15 is 0 Å². The molecule has 2 rings (SSSR count). The van der Waals surface area contributed by atoms with E-state index < -0.39 is 5.60 Å². The molecule has 0 bridgehead atoms. The molecule has 0 N–H and O–H groups in total. The van der Waals surface area contributed by atoms with E-state index in [0.29, 0.717) is 22.2 Å². The summed E-state index contributed by atoms with van der Waals surface area (Å²) >= 11 is 11.9. The van der Waals surface area contributed by atoms with Gasteiger partial charge in [0.2, 0.25) is 0 Å². The Labute approximate surface area is 130 Å². The minimum Gasteiger partial charge on any atom is -0.367 e. The van der Waals surface area contributed by atoms with Gasteiger partial charge in [0.25, 0.3) is 0 Å². The maximum Gasteiger partial charge on any atom is 0.194 e. The summed E-state index contributed by atoms with van der Waals surface area (Å²) < 4.78 is 5.91. The molecule has 0 aromatic heterocycles. The molecule has 0 saturated heterocycles. The van der Waals surface area contributed by atoms with Crippen LogP contribution in [0.2, 0.25) is 10.0 Å². The molecule has 0 unspecified atom stereocenters. The van der Waals surface area contributed by atoms with Crippen molar-refractivity contribution in [3.63, 3.8) is 0 Å². The van der Waals surface area contributed by atoms with Gasteiger partial charge in [-0.15, -0.1) is 0 Å². The van der Waals surface area contributed by atoms with Gasteiger partial charge < -0.3 is 4.74 Å². The first-order valence-corrected chi connectivity index (χ1v) is 7.98. The zero-order valence-corrected chi connectivity index (χ0v) is 13.3. The summed E-state index contributed by atoms with van der Waals surface area (Å²) in [7, 11) is 0. The molecule has 110 valence electrons. The third-order valence-electron chi connectivity index (χ3n) is 3.93. The van der Waals surface area contributed by atoms with Crippen molar-refractivity contribution in [2.45, 2.75) is 51.0 Å². The van der Waals surface area contributed by atoms with E-state index in [1.807, 2.05) is 6.92 Å². The second-order valence-corrected chi connectivity index (χ2v) is 6.11. The molecular formula is C16H20Cl2O2. The van der Waals surface area contributed by atoms with Crippen LogP contribution < -0.4 is 0 Å². The van der Waals surface area contributed by atoms with Gasteiger partial charge in [-0.2, -0.15) is 0 Å². The van der Waals surface area contributed by atoms with Gasteiger partial charge in [-0.1, -0.05) is 48.9 Å². The van der Waals surface area contributed by atoms with E-state index in [1.54, 1.807) is 18.2 Å². The number of ether oxygens (including phenoxy) is 1. The van der Waals surface area contributed by atoms with Crippen molar-refractivity contribution in [1.29, 1.82) is 0 Å². The van der Waals surface area contributed by atoms with Crippen molar-refractivity contribution in [2.24, 2.45) is 0 Å². The average Bonchev–Trinajstić information content (AvgIpc) is 2.68. The normalized spacial score (nSPS) is 18.6. The summed E-state index contributed by atoms with van der Waals surface area (Å²) in [6, 6.07) is 5.06. The van der Waals surface area contributed by atoms with Crippen LogP contribution in [0, 0.1) is 0 Å². The van der Waals surface area contributed by atoms with Crippen molar-refractivity contribution in [3.05, 3.63) is 33.8 Å². The number of ketones is 1. The number of benzene rings is 1. The van der Waals surface area contributed by atoms with Gasteiger partial charge in [-0.3, -0.25) is 4.79 Å². The van der Waals surface area contributed by atoms with Gasteiger partial charge in [0, 0.05) is 12.2 Å². The summed E-state index contributed by atoms with van der Waals surface area (Å²) in [4.78, 5) is 12.9. The van der Waals surface area contributed by atoms with Crippen LogP contribution in [0.4, 0.5) is 0 Å². The molecule has 1 aromatic carbocycles. The van der Waals surface area contributed by atoms with Gasteiger partial charge in [0.15, 0.2) is 5.78 Å². The predicted octanol–water partition coefficient (Wildman–Crippen LogP) is 5.31. The lowest BCUT2D eigenvalue weighted by atomic mass is 9.85. The third-order valence-corrected chi connectivity index (χ3v) is 4.67. The van der Waals surface area contributed by atoms with Crippen LogP contribution in [-0.2, 0) is 4.74 Å². The summed E-state index contributed by atoms with van der Waals surface area (Å²) in [6.45, 7) is 2.49. The van der Waals surface area contributed by atoms with E-state index in [1.165, 1.54) is 12.8 Å². The molecule has 20 heavy (non-hydrogen) atoms. The summed E-state index contributed by atoms with van der Waals surface area (Å²) in [6.07, 6.45) is 5.99. The van der Waals surface area contributed by atoms with Crippen molar-refractivity contribution in [2.75, 3.05) is 6.61 Å². The molecule has 0 heterocycles. The van der Waals surface area contributed by atoms with Gasteiger partial charge >= 0.3 is 0 Å². The Morgan fingerprint density at radius 2 is 1.80 bits per heavy atom. The highest BCUT2D eigenvalue weighted by molar-refractivity contribution is 6.42. The Balaban J connectivity index is 2.32. The highest BCUT2D eigenvalue weighted by Crippen LogP contribution is 2.35. The molecule has 4 heteroatoms. The molecule has 0 radical (unpaired) electrons. The fourth-order valence-electron chi connectivity index (χ4n) is 2.91. The Morgan fingerprint density at radius 3 is 2.35 bits per heavy atom. The van der Waals surface area contributed by atoms with Gasteiger partial charge in [-0.05, 0) is 38.0 Å². The molecule has 0 spiro atoms. The number of carbonyl (C=O) groups is 1. The van der Waals surface area contributed by atoms with Crippen molar-refractivity contribution in [3.8, 4) is 0 Å². The molecule has 1 aliphatic rings. The lowest BCUT2D eigenvalue weighted by molar-refractivity contribution is -0.0292. The summed E-state index contributed by atoms with van der Waals surface area (Å²) in [5.74, 6) is 0.0415. The van der Waals surface area contributed by atoms with Crippen LogP contribution in [0.15, 0.2) is 18.2 Å². The largest absolute Gasteiger partial charge is 0.367 e. The van der Waals surface area contributed by atoms with Crippen LogP contribution in [0.25, 0.3) is 0 Å². The zero-order chi connectivity index (χ0) is 14.6. The number of Topliss-reactive ketones (excluding diaryl/α,β-unsaturated/α-hetero) is 1. The van der Waals surface area contributed by atoms with Gasteiger partial charge in [-0.25, -0.2) is 0 Å². The molecule has 1 fully saturated rings. The second-order valence-electron chi connectivity index (χ2n) is 5.30. The van der Waals surface area contributed by atoms with E-state index in [9.17, 15) is 4.79 Å². The van der Waals surface area contributed by atoms with Crippen molar-refractivity contribution in [1.82, 2.24) is 0 Å². The van der Waals surface area contributed by atoms with E-state index in [4.69, 9.17) is 27.9 Å². The van der Waals surface area contributed by atoms with Gasteiger partial charge in [0.1, 0.15) is 5.60 Å². The Morgan fingerprint density at radius 1 is 1.15 bits per heavy atom. The van der Waals surface area contributed by atoms with E-state index in [2.05, 4.69) is 0 Å². The fourth-order valence-corrected chi connectivity index (χ4v) is 3.21. The first-order chi connectivity index (χ1) is 9.59. The van der Waals surface area contributed by atoms with Crippen molar-refractivity contribution < 1.29 is 9.53 Å². The minimum absolute atomic E-state index is 0.0415. The number of hydrogen-bond donors (Lipinski definition) is 0. The summed E-state index contributed by atoms with van der Waals surface area (Å²) in [5, 5.41) is 0.882. The molecule has 0 aliphatic heterocycles. The number of halogens is 2. The van der Waals surface area contributed by atoms with Crippen LogP contribution in [-0.4, -0.2) is 18.0 Å². The second kappa shape index (κ2) is 6.93. The molecule has 1 saturated carbocycles. The molecular weight excluding hydrogens is 295 g/mol. The molecule has 1 aromatic rings. The topological polar surface area (TPSA) is 26.3 Å². The number of rotatable bonds is 4. The van der Waals surface area contributed by atoms with Crippen LogP contribution in [0.3, 0.4) is 0 Å². The predicted molar refractivity (Wildman–Crippen MR) is 82.9 cm³/mol. The molecule has 1 aliphatic carbocycles. The lowest BCUT2D eigenvalue weighted by Gasteiger charge is -2.31. The molecule has 0 atom stereocenters. The van der Waals surface area contributed by atoms with E-state index in [-0.39, 0.29) is 5.78 Å². The first-order valence-electron chi connectivity index (χ1n) is 7.23. The Bertz CT molecular complexity index is 477. The maximum atomic E-state index is 12.9. The highest BCUT2D eigenvalue weighted by Gasteiger charge is 2.39.